The van der Waals surface area contributed by atoms with Crippen molar-refractivity contribution in [2.24, 2.45) is 7.05 Å². The number of fused-ring (bicyclic) bond motifs is 1. The van der Waals surface area contributed by atoms with E-state index in [1.807, 2.05) is 0 Å². The van der Waals surface area contributed by atoms with E-state index in [-0.39, 0.29) is 35.7 Å². The lowest BCUT2D eigenvalue weighted by Crippen LogP contribution is -2.48. The van der Waals surface area contributed by atoms with Crippen LogP contribution in [0, 0.1) is 5.82 Å². The number of halogens is 3. The van der Waals surface area contributed by atoms with Gasteiger partial charge in [0.05, 0.1) is 41.1 Å². The molecule has 3 heterocycles. The summed E-state index contributed by atoms with van der Waals surface area (Å²) in [5.74, 6) is -1.10. The van der Waals surface area contributed by atoms with E-state index in [1.165, 1.54) is 47.2 Å². The maximum Gasteiger partial charge on any atom is 0.257 e. The smallest absolute Gasteiger partial charge is 0.257 e. The van der Waals surface area contributed by atoms with E-state index in [4.69, 9.17) is 27.9 Å². The van der Waals surface area contributed by atoms with Crippen LogP contribution in [-0.2, 0) is 29.7 Å². The molecule has 0 spiro atoms. The lowest BCUT2D eigenvalue weighted by Gasteiger charge is -2.40. The Labute approximate surface area is 245 Å². The van der Waals surface area contributed by atoms with Crippen molar-refractivity contribution in [2.45, 2.75) is 43.2 Å². The molecular formula is C29H26Cl2FN5O4. The molecule has 9 nitrogen and oxygen atoms in total. The van der Waals surface area contributed by atoms with Gasteiger partial charge < -0.3 is 14.9 Å². The van der Waals surface area contributed by atoms with Crippen molar-refractivity contribution in [3.63, 3.8) is 0 Å². The minimum atomic E-state index is -1.80. The van der Waals surface area contributed by atoms with Gasteiger partial charge in [-0.15, -0.1) is 0 Å². The average Bonchev–Trinajstić information content (AvgIpc) is 3.42. The van der Waals surface area contributed by atoms with Gasteiger partial charge in [-0.3, -0.25) is 14.4 Å². The molecule has 1 fully saturated rings. The SMILES string of the molecule is Cn1cc(C(C)(O)c2cc(F)c3c(c2)C(=O)N(Cc2ncc(Cl)cn2)[C@@]3(OCC2(O)CC2)c2ccc(Cl)cc2)cn1. The van der Waals surface area contributed by atoms with E-state index in [2.05, 4.69) is 15.1 Å². The Morgan fingerprint density at radius 3 is 2.37 bits per heavy atom. The summed E-state index contributed by atoms with van der Waals surface area (Å²) < 4.78 is 24.5. The Hall–Kier alpha value is -3.41. The number of benzene rings is 2. The number of ether oxygens (including phenoxy) is 1. The van der Waals surface area contributed by atoms with Crippen LogP contribution in [-0.4, -0.2) is 53.0 Å². The number of carbonyl (C=O) groups excluding carboxylic acids is 1. The molecular weight excluding hydrogens is 572 g/mol. The van der Waals surface area contributed by atoms with Gasteiger partial charge in [-0.2, -0.15) is 5.10 Å². The van der Waals surface area contributed by atoms with Crippen molar-refractivity contribution < 1.29 is 24.1 Å². The molecule has 2 atom stereocenters. The third-order valence-corrected chi connectivity index (χ3v) is 8.15. The van der Waals surface area contributed by atoms with Crippen LogP contribution in [0.25, 0.3) is 0 Å². The molecule has 1 aliphatic heterocycles. The van der Waals surface area contributed by atoms with Gasteiger partial charge in [-0.25, -0.2) is 14.4 Å². The first kappa shape index (κ1) is 27.7. The molecule has 0 bridgehead atoms. The summed E-state index contributed by atoms with van der Waals surface area (Å²) in [6.07, 6.45) is 6.93. The highest BCUT2D eigenvalue weighted by molar-refractivity contribution is 6.30. The summed E-state index contributed by atoms with van der Waals surface area (Å²) in [6.45, 7) is 1.18. The van der Waals surface area contributed by atoms with Crippen molar-refractivity contribution in [1.82, 2.24) is 24.6 Å². The van der Waals surface area contributed by atoms with Crippen molar-refractivity contribution in [2.75, 3.05) is 6.61 Å². The number of aryl methyl sites for hydroxylation is 1. The number of hydrogen-bond donors (Lipinski definition) is 2. The second kappa shape index (κ2) is 9.85. The van der Waals surface area contributed by atoms with E-state index in [9.17, 15) is 15.0 Å². The molecule has 2 aromatic heterocycles. The minimum absolute atomic E-state index is 0.00383. The highest BCUT2D eigenvalue weighted by atomic mass is 35.5. The Morgan fingerprint density at radius 2 is 1.76 bits per heavy atom. The summed E-state index contributed by atoms with van der Waals surface area (Å²) in [6, 6.07) is 9.20. The Balaban J connectivity index is 1.56. The monoisotopic (exact) mass is 597 g/mol. The number of rotatable bonds is 8. The van der Waals surface area contributed by atoms with E-state index in [0.717, 1.165) is 0 Å². The van der Waals surface area contributed by atoms with Crippen LogP contribution in [0.15, 0.2) is 61.2 Å². The second-order valence-corrected chi connectivity index (χ2v) is 11.6. The van der Waals surface area contributed by atoms with E-state index >= 15 is 4.39 Å². The number of carbonyl (C=O) groups is 1. The summed E-state index contributed by atoms with van der Waals surface area (Å²) in [7, 11) is 1.70. The topological polar surface area (TPSA) is 114 Å². The van der Waals surface area contributed by atoms with E-state index < -0.39 is 28.7 Å². The first-order valence-electron chi connectivity index (χ1n) is 12.9. The van der Waals surface area contributed by atoms with Crippen LogP contribution in [0.3, 0.4) is 0 Å². The molecule has 2 N–H and O–H groups in total. The Morgan fingerprint density at radius 1 is 1.07 bits per heavy atom. The number of aromatic nitrogens is 4. The molecule has 41 heavy (non-hydrogen) atoms. The van der Waals surface area contributed by atoms with Crippen LogP contribution in [0.1, 0.15) is 58.2 Å². The van der Waals surface area contributed by atoms with Gasteiger partial charge in [0.15, 0.2) is 5.72 Å². The van der Waals surface area contributed by atoms with Crippen molar-refractivity contribution in [3.8, 4) is 0 Å². The van der Waals surface area contributed by atoms with Gasteiger partial charge >= 0.3 is 0 Å². The first-order chi connectivity index (χ1) is 19.4. The van der Waals surface area contributed by atoms with Gasteiger partial charge in [0.2, 0.25) is 0 Å². The normalized spacial score (nSPS) is 20.7. The molecule has 0 saturated heterocycles. The lowest BCUT2D eigenvalue weighted by atomic mass is 9.85. The molecule has 0 radical (unpaired) electrons. The minimum Gasteiger partial charge on any atom is -0.387 e. The predicted octanol–water partition coefficient (Wildman–Crippen LogP) is 4.31. The Kier molecular flexibility index (Phi) is 6.67. The highest BCUT2D eigenvalue weighted by Crippen LogP contribution is 2.50. The van der Waals surface area contributed by atoms with Crippen LogP contribution in [0.2, 0.25) is 10.0 Å². The molecule has 212 valence electrons. The molecule has 6 rings (SSSR count). The summed E-state index contributed by atoms with van der Waals surface area (Å²) >= 11 is 12.2. The van der Waals surface area contributed by atoms with Crippen molar-refractivity contribution in [3.05, 3.63) is 111 Å². The maximum absolute atomic E-state index is 16.5. The molecule has 1 saturated carbocycles. The summed E-state index contributed by atoms with van der Waals surface area (Å²) in [5.41, 5.74) is -3.61. The highest BCUT2D eigenvalue weighted by Gasteiger charge is 2.56. The Bertz CT molecular complexity index is 1640. The maximum atomic E-state index is 16.5. The number of hydrogen-bond acceptors (Lipinski definition) is 7. The van der Waals surface area contributed by atoms with Crippen LogP contribution >= 0.6 is 23.2 Å². The van der Waals surface area contributed by atoms with Crippen LogP contribution < -0.4 is 0 Å². The van der Waals surface area contributed by atoms with Crippen molar-refractivity contribution >= 4 is 29.1 Å². The zero-order valence-electron chi connectivity index (χ0n) is 22.2. The van der Waals surface area contributed by atoms with Gasteiger partial charge in [0.1, 0.15) is 17.2 Å². The van der Waals surface area contributed by atoms with Gasteiger partial charge in [0, 0.05) is 41.8 Å². The van der Waals surface area contributed by atoms with Crippen LogP contribution in [0.4, 0.5) is 4.39 Å². The fraction of sp³-hybridized carbons (Fsp3) is 0.310. The number of nitrogens with zero attached hydrogens (tertiary/aromatic N) is 5. The third kappa shape index (κ3) is 4.79. The van der Waals surface area contributed by atoms with Crippen molar-refractivity contribution in [1.29, 1.82) is 0 Å². The van der Waals surface area contributed by atoms with Gasteiger partial charge in [-0.1, -0.05) is 35.3 Å². The fourth-order valence-electron chi connectivity index (χ4n) is 5.15. The molecule has 1 unspecified atom stereocenters. The second-order valence-electron chi connectivity index (χ2n) is 10.7. The summed E-state index contributed by atoms with van der Waals surface area (Å²) in [4.78, 5) is 24.1. The third-order valence-electron chi connectivity index (χ3n) is 7.70. The van der Waals surface area contributed by atoms with E-state index in [1.54, 1.807) is 37.5 Å². The zero-order chi connectivity index (χ0) is 29.2. The number of amides is 1. The molecule has 2 aromatic carbocycles. The molecule has 1 amide bonds. The average molecular weight is 598 g/mol. The molecule has 4 aromatic rings. The van der Waals surface area contributed by atoms with Gasteiger partial charge in [-0.05, 0) is 49.6 Å². The lowest BCUT2D eigenvalue weighted by molar-refractivity contribution is -0.139. The predicted molar refractivity (Wildman–Crippen MR) is 148 cm³/mol. The quantitative estimate of drug-likeness (QED) is 0.311. The molecule has 12 heteroatoms. The largest absolute Gasteiger partial charge is 0.387 e. The molecule has 1 aliphatic carbocycles. The fourth-order valence-corrected chi connectivity index (χ4v) is 5.37. The zero-order valence-corrected chi connectivity index (χ0v) is 23.7. The number of aliphatic hydroxyl groups is 2. The van der Waals surface area contributed by atoms with Crippen LogP contribution in [0.5, 0.6) is 0 Å². The van der Waals surface area contributed by atoms with E-state index in [0.29, 0.717) is 34.0 Å². The van der Waals surface area contributed by atoms with Gasteiger partial charge in [0.25, 0.3) is 5.91 Å². The first-order valence-corrected chi connectivity index (χ1v) is 13.7. The molecule has 2 aliphatic rings. The standard InChI is InChI=1S/C29H26Cl2FN5O4/c1-27(39,19-11-35-36(2)14-19)18-9-22-25(23(32)10-18)29(41-16-28(40)7-8-28,17-3-5-20(30)6-4-17)37(26(22)38)15-24-33-12-21(31)13-34-24/h3-6,9-14,39-40H,7-8,15-16H2,1-2H3/t27?,29-/m1/s1. The summed E-state index contributed by atoms with van der Waals surface area (Å²) in [5, 5.41) is 27.1.